The maximum Gasteiger partial charge on any atom is 0.251 e. The van der Waals surface area contributed by atoms with Crippen LogP contribution in [0.3, 0.4) is 0 Å². The lowest BCUT2D eigenvalue weighted by Crippen LogP contribution is -2.24. The van der Waals surface area contributed by atoms with Gasteiger partial charge in [-0.25, -0.2) is 13.6 Å². The molecule has 0 radical (unpaired) electrons. The number of aryl methyl sites for hydroxylation is 1. The van der Waals surface area contributed by atoms with E-state index in [0.29, 0.717) is 18.7 Å². The molecule has 0 fully saturated rings. The molecule has 3 N–H and O–H groups in total. The number of ether oxygens (including phenoxy) is 1. The van der Waals surface area contributed by atoms with E-state index in [1.54, 1.807) is 13.0 Å². The van der Waals surface area contributed by atoms with Gasteiger partial charge in [0.15, 0.2) is 0 Å². The average Bonchev–Trinajstić information content (AvgIpc) is 2.60. The highest BCUT2D eigenvalue weighted by Gasteiger charge is 2.14. The fourth-order valence-corrected chi connectivity index (χ4v) is 2.89. The van der Waals surface area contributed by atoms with Crippen molar-refractivity contribution in [2.45, 2.75) is 18.4 Å². The Hall–Kier alpha value is -2.42. The zero-order chi connectivity index (χ0) is 20.0. The minimum Gasteiger partial charge on any atom is -0.492 e. The van der Waals surface area contributed by atoms with Crippen molar-refractivity contribution in [2.75, 3.05) is 27.2 Å². The summed E-state index contributed by atoms with van der Waals surface area (Å²) in [7, 11) is 0.106. The number of nitrogens with two attached hydrogens (primary N) is 1. The van der Waals surface area contributed by atoms with E-state index in [1.807, 2.05) is 43.3 Å². The molecule has 2 aromatic rings. The van der Waals surface area contributed by atoms with Crippen LogP contribution in [0.15, 0.2) is 47.4 Å². The summed E-state index contributed by atoms with van der Waals surface area (Å²) >= 11 is 0. The predicted molar refractivity (Wildman–Crippen MR) is 104 cm³/mol. The molecule has 0 aliphatic carbocycles. The lowest BCUT2D eigenvalue weighted by Gasteiger charge is -2.12. The van der Waals surface area contributed by atoms with Gasteiger partial charge in [-0.05, 0) is 56.4 Å². The van der Waals surface area contributed by atoms with Crippen LogP contribution < -0.4 is 15.2 Å². The molecule has 146 valence electrons. The van der Waals surface area contributed by atoms with E-state index in [1.165, 1.54) is 12.1 Å². The van der Waals surface area contributed by atoms with Gasteiger partial charge in [-0.15, -0.1) is 0 Å². The number of sulfonamides is 1. The number of hydrogen-bond donors (Lipinski definition) is 2. The minimum atomic E-state index is -3.86. The fourth-order valence-electron chi connectivity index (χ4n) is 2.35. The van der Waals surface area contributed by atoms with Crippen LogP contribution in [-0.2, 0) is 16.6 Å². The molecule has 0 heterocycles. The third-order valence-corrected chi connectivity index (χ3v) is 4.88. The molecule has 7 nitrogen and oxygen atoms in total. The summed E-state index contributed by atoms with van der Waals surface area (Å²) in [5, 5.41) is 7.92. The van der Waals surface area contributed by atoms with Gasteiger partial charge in [-0.3, -0.25) is 4.79 Å². The highest BCUT2D eigenvalue weighted by Crippen LogP contribution is 2.15. The zero-order valence-corrected chi connectivity index (χ0v) is 16.5. The molecular weight excluding hydrogens is 366 g/mol. The first-order valence-corrected chi connectivity index (χ1v) is 9.99. The second-order valence-corrected chi connectivity index (χ2v) is 8.06. The van der Waals surface area contributed by atoms with Crippen LogP contribution >= 0.6 is 0 Å². The summed E-state index contributed by atoms with van der Waals surface area (Å²) in [6.45, 7) is 3.48. The summed E-state index contributed by atoms with van der Waals surface area (Å²) in [5.41, 5.74) is 1.86. The maximum absolute atomic E-state index is 12.4. The number of likely N-dealkylation sites (N-methyl/N-ethyl adjacent to an activating group) is 1. The Morgan fingerprint density at radius 3 is 2.41 bits per heavy atom. The molecule has 0 unspecified atom stereocenters. The van der Waals surface area contributed by atoms with E-state index in [2.05, 4.69) is 5.32 Å². The second kappa shape index (κ2) is 8.98. The molecule has 8 heteroatoms. The van der Waals surface area contributed by atoms with Crippen LogP contribution in [0.25, 0.3) is 0 Å². The van der Waals surface area contributed by atoms with E-state index in [4.69, 9.17) is 9.88 Å². The monoisotopic (exact) mass is 391 g/mol. The second-order valence-electron chi connectivity index (χ2n) is 6.50. The van der Waals surface area contributed by atoms with Crippen LogP contribution in [0.2, 0.25) is 0 Å². The first-order valence-electron chi connectivity index (χ1n) is 8.45. The molecule has 0 aliphatic rings. The molecule has 0 spiro atoms. The van der Waals surface area contributed by atoms with E-state index in [9.17, 15) is 13.2 Å². The molecule has 1 amide bonds. The number of primary sulfonamides is 1. The molecule has 2 aromatic carbocycles. The van der Waals surface area contributed by atoms with Crippen molar-refractivity contribution < 1.29 is 17.9 Å². The number of carbonyl (C=O) groups is 1. The molecule has 0 aliphatic heterocycles. The lowest BCUT2D eigenvalue weighted by molar-refractivity contribution is 0.0950. The van der Waals surface area contributed by atoms with E-state index in [0.717, 1.165) is 17.9 Å². The van der Waals surface area contributed by atoms with Gasteiger partial charge < -0.3 is 15.0 Å². The highest BCUT2D eigenvalue weighted by molar-refractivity contribution is 7.89. The Labute approximate surface area is 160 Å². The summed E-state index contributed by atoms with van der Waals surface area (Å²) in [6, 6.07) is 11.7. The number of carbonyl (C=O) groups excluding carboxylic acids is 1. The van der Waals surface area contributed by atoms with Gasteiger partial charge in [-0.2, -0.15) is 0 Å². The van der Waals surface area contributed by atoms with E-state index < -0.39 is 10.0 Å². The lowest BCUT2D eigenvalue weighted by atomic mass is 10.1. The number of nitrogens with one attached hydrogen (secondary N) is 1. The van der Waals surface area contributed by atoms with E-state index in [-0.39, 0.29) is 16.4 Å². The van der Waals surface area contributed by atoms with Gasteiger partial charge in [0.1, 0.15) is 12.4 Å². The molecule has 0 saturated carbocycles. The summed E-state index contributed by atoms with van der Waals surface area (Å²) < 4.78 is 28.6. The zero-order valence-electron chi connectivity index (χ0n) is 15.7. The van der Waals surface area contributed by atoms with Crippen molar-refractivity contribution in [2.24, 2.45) is 5.14 Å². The van der Waals surface area contributed by atoms with Crippen molar-refractivity contribution >= 4 is 15.9 Å². The summed E-state index contributed by atoms with van der Waals surface area (Å²) in [5.74, 6) is 0.410. The Morgan fingerprint density at radius 2 is 1.81 bits per heavy atom. The van der Waals surface area contributed by atoms with Crippen molar-refractivity contribution in [3.8, 4) is 5.75 Å². The minimum absolute atomic E-state index is 0.0857. The van der Waals surface area contributed by atoms with Crippen molar-refractivity contribution in [1.29, 1.82) is 0 Å². The van der Waals surface area contributed by atoms with Crippen molar-refractivity contribution in [3.63, 3.8) is 0 Å². The van der Waals surface area contributed by atoms with Crippen LogP contribution in [0.5, 0.6) is 5.75 Å². The first kappa shape index (κ1) is 20.9. The quantitative estimate of drug-likeness (QED) is 0.710. The van der Waals surface area contributed by atoms with Gasteiger partial charge >= 0.3 is 0 Å². The molecule has 0 aromatic heterocycles. The number of nitrogens with zero attached hydrogens (tertiary/aromatic N) is 1. The Balaban J connectivity index is 1.97. The van der Waals surface area contributed by atoms with Crippen LogP contribution in [0, 0.1) is 6.92 Å². The summed E-state index contributed by atoms with van der Waals surface area (Å²) in [4.78, 5) is 14.4. The Kier molecular flexibility index (Phi) is 6.95. The molecule has 27 heavy (non-hydrogen) atoms. The van der Waals surface area contributed by atoms with Gasteiger partial charge in [0.05, 0.1) is 4.90 Å². The largest absolute Gasteiger partial charge is 0.492 e. The van der Waals surface area contributed by atoms with Crippen molar-refractivity contribution in [1.82, 2.24) is 10.2 Å². The summed E-state index contributed by atoms with van der Waals surface area (Å²) in [6.07, 6.45) is 0. The number of amides is 1. The average molecular weight is 391 g/mol. The van der Waals surface area contributed by atoms with Crippen molar-refractivity contribution in [3.05, 3.63) is 59.2 Å². The molecule has 0 bridgehead atoms. The topological polar surface area (TPSA) is 102 Å². The normalized spacial score (nSPS) is 11.4. The number of hydrogen-bond acceptors (Lipinski definition) is 5. The molecular formula is C19H25N3O4S. The van der Waals surface area contributed by atoms with E-state index >= 15 is 0 Å². The fraction of sp³-hybridized carbons (Fsp3) is 0.316. The Morgan fingerprint density at radius 1 is 1.15 bits per heavy atom. The van der Waals surface area contributed by atoms with Gasteiger partial charge in [0.25, 0.3) is 5.91 Å². The van der Waals surface area contributed by atoms with Crippen LogP contribution in [-0.4, -0.2) is 46.5 Å². The maximum atomic E-state index is 12.4. The van der Waals surface area contributed by atoms with Gasteiger partial charge in [0.2, 0.25) is 10.0 Å². The Bertz CT molecular complexity index is 894. The molecule has 0 atom stereocenters. The predicted octanol–water partition coefficient (Wildman–Crippen LogP) is 1.51. The highest BCUT2D eigenvalue weighted by atomic mass is 32.2. The third-order valence-electron chi connectivity index (χ3n) is 3.97. The van der Waals surface area contributed by atoms with Crippen LogP contribution in [0.1, 0.15) is 21.5 Å². The first-order chi connectivity index (χ1) is 12.7. The smallest absolute Gasteiger partial charge is 0.251 e. The van der Waals surface area contributed by atoms with Crippen LogP contribution in [0.4, 0.5) is 0 Å². The van der Waals surface area contributed by atoms with Gasteiger partial charge in [-0.1, -0.05) is 18.2 Å². The number of benzene rings is 2. The standard InChI is InChI=1S/C19H25N3O4S/c1-14-4-9-17(27(20,24)25)12-18(14)19(23)21-13-15-5-7-16(8-6-15)26-11-10-22(2)3/h4-9,12H,10-11,13H2,1-3H3,(H,21,23)(H2,20,24,25). The van der Waals surface area contributed by atoms with Gasteiger partial charge in [0, 0.05) is 18.7 Å². The molecule has 0 saturated heterocycles. The SMILES string of the molecule is Cc1ccc(S(N)(=O)=O)cc1C(=O)NCc1ccc(OCCN(C)C)cc1. The number of rotatable bonds is 8. The molecule has 2 rings (SSSR count). The third kappa shape index (κ3) is 6.35.